The number of benzene rings is 2. The number of amides is 1. The van der Waals surface area contributed by atoms with Gasteiger partial charge in [-0.25, -0.2) is 13.2 Å². The fraction of sp³-hybridized carbons (Fsp3) is 0.222. The molecule has 0 saturated heterocycles. The Hall–Kier alpha value is -2.63. The molecule has 0 aromatic heterocycles. The van der Waals surface area contributed by atoms with Crippen LogP contribution in [0.2, 0.25) is 0 Å². The molecule has 0 fully saturated rings. The van der Waals surface area contributed by atoms with Gasteiger partial charge in [0.25, 0.3) is 0 Å². The topological polar surface area (TPSA) is 46.2 Å². The molecule has 1 amide bonds. The van der Waals surface area contributed by atoms with Crippen molar-refractivity contribution >= 4 is 11.7 Å². The van der Waals surface area contributed by atoms with E-state index in [9.17, 15) is 22.8 Å². The van der Waals surface area contributed by atoms with Crippen LogP contribution in [0.25, 0.3) is 0 Å². The van der Waals surface area contributed by atoms with Crippen molar-refractivity contribution in [2.24, 2.45) is 0 Å². The summed E-state index contributed by atoms with van der Waals surface area (Å²) in [4.78, 5) is 23.8. The average molecular weight is 335 g/mol. The molecule has 2 aromatic rings. The number of ketones is 1. The molecule has 0 aliphatic heterocycles. The van der Waals surface area contributed by atoms with E-state index in [4.69, 9.17) is 0 Å². The number of halogens is 3. The number of carbonyl (C=O) groups excluding carboxylic acids is 2. The van der Waals surface area contributed by atoms with Crippen LogP contribution in [0.4, 0.5) is 13.2 Å². The molecule has 24 heavy (non-hydrogen) atoms. The molecule has 1 atom stereocenters. The van der Waals surface area contributed by atoms with Crippen LogP contribution >= 0.6 is 0 Å². The zero-order chi connectivity index (χ0) is 17.7. The fourth-order valence-corrected chi connectivity index (χ4v) is 2.19. The molecule has 0 bridgehead atoms. The second kappa shape index (κ2) is 7.77. The Bertz CT molecular complexity index is 744. The minimum Gasteiger partial charge on any atom is -0.350 e. The summed E-state index contributed by atoms with van der Waals surface area (Å²) in [6.07, 6.45) is -0.0772. The van der Waals surface area contributed by atoms with E-state index in [-0.39, 0.29) is 24.5 Å². The largest absolute Gasteiger partial charge is 0.350 e. The predicted molar refractivity (Wildman–Crippen MR) is 82.9 cm³/mol. The van der Waals surface area contributed by atoms with Gasteiger partial charge in [-0.05, 0) is 48.9 Å². The third-order valence-corrected chi connectivity index (χ3v) is 3.57. The number of hydrogen-bond donors (Lipinski definition) is 1. The highest BCUT2D eigenvalue weighted by molar-refractivity contribution is 5.97. The van der Waals surface area contributed by atoms with Crippen LogP contribution in [0.1, 0.15) is 41.7 Å². The van der Waals surface area contributed by atoms with Crippen molar-refractivity contribution in [3.63, 3.8) is 0 Å². The van der Waals surface area contributed by atoms with Gasteiger partial charge in [0.15, 0.2) is 17.4 Å². The summed E-state index contributed by atoms with van der Waals surface area (Å²) in [5.41, 5.74) is 0.755. The summed E-state index contributed by atoms with van der Waals surface area (Å²) in [7, 11) is 0. The van der Waals surface area contributed by atoms with Crippen LogP contribution < -0.4 is 5.32 Å². The SMILES string of the molecule is CC(NC(=O)CCC(=O)c1ccc(F)cc1)c1ccc(F)c(F)c1. The van der Waals surface area contributed by atoms with Gasteiger partial charge < -0.3 is 5.32 Å². The molecule has 3 nitrogen and oxygen atoms in total. The third kappa shape index (κ3) is 4.68. The zero-order valence-electron chi connectivity index (χ0n) is 13.0. The lowest BCUT2D eigenvalue weighted by Gasteiger charge is -2.14. The minimum atomic E-state index is -0.986. The van der Waals surface area contributed by atoms with E-state index in [1.54, 1.807) is 6.92 Å². The summed E-state index contributed by atoms with van der Waals surface area (Å²) in [5, 5.41) is 2.62. The Morgan fingerprint density at radius 3 is 2.25 bits per heavy atom. The molecule has 6 heteroatoms. The molecule has 2 aromatic carbocycles. The molecular weight excluding hydrogens is 319 g/mol. The number of nitrogens with one attached hydrogen (secondary N) is 1. The summed E-state index contributed by atoms with van der Waals surface area (Å²) < 4.78 is 38.9. The second-order valence-electron chi connectivity index (χ2n) is 5.39. The van der Waals surface area contributed by atoms with Gasteiger partial charge >= 0.3 is 0 Å². The quantitative estimate of drug-likeness (QED) is 0.813. The molecule has 0 radical (unpaired) electrons. The smallest absolute Gasteiger partial charge is 0.220 e. The van der Waals surface area contributed by atoms with Crippen LogP contribution in [-0.4, -0.2) is 11.7 Å². The molecule has 1 N–H and O–H groups in total. The summed E-state index contributed by atoms with van der Waals surface area (Å²) in [5.74, 6) is -3.04. The van der Waals surface area contributed by atoms with Gasteiger partial charge in [-0.3, -0.25) is 9.59 Å². The van der Waals surface area contributed by atoms with Gasteiger partial charge in [0.1, 0.15) is 5.82 Å². The fourth-order valence-electron chi connectivity index (χ4n) is 2.19. The van der Waals surface area contributed by atoms with E-state index < -0.39 is 23.5 Å². The molecule has 0 saturated carbocycles. The van der Waals surface area contributed by atoms with E-state index in [2.05, 4.69) is 5.32 Å². The first kappa shape index (κ1) is 17.7. The van der Waals surface area contributed by atoms with Gasteiger partial charge in [0, 0.05) is 18.4 Å². The summed E-state index contributed by atoms with van der Waals surface area (Å²) in [6, 6.07) is 7.95. The van der Waals surface area contributed by atoms with E-state index >= 15 is 0 Å². The third-order valence-electron chi connectivity index (χ3n) is 3.57. The maximum Gasteiger partial charge on any atom is 0.220 e. The lowest BCUT2D eigenvalue weighted by Crippen LogP contribution is -2.27. The molecular formula is C18H16F3NO2. The van der Waals surface area contributed by atoms with Gasteiger partial charge in [-0.2, -0.15) is 0 Å². The van der Waals surface area contributed by atoms with Crippen molar-refractivity contribution in [3.8, 4) is 0 Å². The van der Waals surface area contributed by atoms with E-state index in [1.165, 1.54) is 30.3 Å². The molecule has 1 unspecified atom stereocenters. The lowest BCUT2D eigenvalue weighted by molar-refractivity contribution is -0.121. The average Bonchev–Trinajstić information content (AvgIpc) is 2.55. The predicted octanol–water partition coefficient (Wildman–Crippen LogP) is 3.94. The monoisotopic (exact) mass is 335 g/mol. The maximum atomic E-state index is 13.2. The summed E-state index contributed by atoms with van der Waals surface area (Å²) >= 11 is 0. The Morgan fingerprint density at radius 1 is 0.958 bits per heavy atom. The zero-order valence-corrected chi connectivity index (χ0v) is 13.0. The molecule has 0 aliphatic rings. The second-order valence-corrected chi connectivity index (χ2v) is 5.39. The van der Waals surface area contributed by atoms with E-state index in [0.29, 0.717) is 11.1 Å². The summed E-state index contributed by atoms with van der Waals surface area (Å²) in [6.45, 7) is 1.63. The van der Waals surface area contributed by atoms with Crippen molar-refractivity contribution in [1.29, 1.82) is 0 Å². The lowest BCUT2D eigenvalue weighted by atomic mass is 10.1. The van der Waals surface area contributed by atoms with Crippen molar-refractivity contribution in [2.75, 3.05) is 0 Å². The van der Waals surface area contributed by atoms with Gasteiger partial charge in [0.2, 0.25) is 5.91 Å². The van der Waals surface area contributed by atoms with Gasteiger partial charge in [-0.1, -0.05) is 6.07 Å². The van der Waals surface area contributed by atoms with E-state index in [0.717, 1.165) is 12.1 Å². The minimum absolute atomic E-state index is 0.0258. The number of carbonyl (C=O) groups is 2. The molecule has 0 aliphatic carbocycles. The molecule has 126 valence electrons. The number of hydrogen-bond acceptors (Lipinski definition) is 2. The standard InChI is InChI=1S/C18H16F3NO2/c1-11(13-4-7-15(20)16(21)10-13)22-18(24)9-8-17(23)12-2-5-14(19)6-3-12/h2-7,10-11H,8-9H2,1H3,(H,22,24). The van der Waals surface area contributed by atoms with Crippen LogP contribution in [-0.2, 0) is 4.79 Å². The van der Waals surface area contributed by atoms with E-state index in [1.807, 2.05) is 0 Å². The first-order chi connectivity index (χ1) is 11.4. The first-order valence-electron chi connectivity index (χ1n) is 7.40. The maximum absolute atomic E-state index is 13.2. The Labute approximate surface area is 137 Å². The Balaban J connectivity index is 1.87. The van der Waals surface area contributed by atoms with Crippen LogP contribution in [0.5, 0.6) is 0 Å². The number of Topliss-reactive ketones (excluding diaryl/α,β-unsaturated/α-hetero) is 1. The van der Waals surface area contributed by atoms with Crippen LogP contribution in [0.15, 0.2) is 42.5 Å². The highest BCUT2D eigenvalue weighted by Crippen LogP contribution is 2.16. The highest BCUT2D eigenvalue weighted by atomic mass is 19.2. The molecule has 0 spiro atoms. The van der Waals surface area contributed by atoms with Crippen LogP contribution in [0, 0.1) is 17.5 Å². The first-order valence-corrected chi connectivity index (χ1v) is 7.40. The Morgan fingerprint density at radius 2 is 1.62 bits per heavy atom. The normalized spacial score (nSPS) is 11.8. The van der Waals surface area contributed by atoms with Gasteiger partial charge in [0.05, 0.1) is 6.04 Å². The Kier molecular flexibility index (Phi) is 5.73. The molecule has 2 rings (SSSR count). The number of rotatable bonds is 6. The van der Waals surface area contributed by atoms with Crippen molar-refractivity contribution in [1.82, 2.24) is 5.32 Å². The van der Waals surface area contributed by atoms with Crippen molar-refractivity contribution < 1.29 is 22.8 Å². The van der Waals surface area contributed by atoms with Crippen molar-refractivity contribution in [2.45, 2.75) is 25.8 Å². The van der Waals surface area contributed by atoms with Crippen molar-refractivity contribution in [3.05, 3.63) is 71.0 Å². The van der Waals surface area contributed by atoms with Crippen LogP contribution in [0.3, 0.4) is 0 Å². The highest BCUT2D eigenvalue weighted by Gasteiger charge is 2.14. The molecule has 0 heterocycles. The van der Waals surface area contributed by atoms with Gasteiger partial charge in [-0.15, -0.1) is 0 Å².